The summed E-state index contributed by atoms with van der Waals surface area (Å²) in [5, 5.41) is 0. The van der Waals surface area contributed by atoms with Crippen molar-refractivity contribution < 1.29 is 8.42 Å². The van der Waals surface area contributed by atoms with E-state index in [0.29, 0.717) is 18.4 Å². The molecule has 2 heterocycles. The quantitative estimate of drug-likeness (QED) is 0.808. The minimum atomic E-state index is -3.11. The molecule has 1 atom stereocenters. The summed E-state index contributed by atoms with van der Waals surface area (Å²) in [6.45, 7) is 2.26. The molecule has 1 aliphatic heterocycles. The van der Waals surface area contributed by atoms with Gasteiger partial charge in [-0.1, -0.05) is 0 Å². The lowest BCUT2D eigenvalue weighted by molar-refractivity contribution is 0.335. The van der Waals surface area contributed by atoms with Crippen molar-refractivity contribution in [3.63, 3.8) is 0 Å². The molecule has 0 bridgehead atoms. The maximum Gasteiger partial charge on any atom is 0.225 e. The number of nitrogens with zero attached hydrogens (tertiary/aromatic N) is 4. The second kappa shape index (κ2) is 6.36. The third kappa shape index (κ3) is 4.13. The molecule has 1 unspecified atom stereocenters. The molecular formula is C12H19BrN4O2S. The molecule has 0 amide bonds. The van der Waals surface area contributed by atoms with Crippen LogP contribution in [-0.2, 0) is 10.0 Å². The lowest BCUT2D eigenvalue weighted by atomic mass is 9.98. The van der Waals surface area contributed by atoms with E-state index in [4.69, 9.17) is 0 Å². The number of rotatable bonds is 4. The van der Waals surface area contributed by atoms with Gasteiger partial charge in [0.15, 0.2) is 0 Å². The molecule has 20 heavy (non-hydrogen) atoms. The Morgan fingerprint density at radius 1 is 1.45 bits per heavy atom. The Morgan fingerprint density at radius 3 is 2.70 bits per heavy atom. The molecule has 0 N–H and O–H groups in total. The molecule has 1 fully saturated rings. The summed E-state index contributed by atoms with van der Waals surface area (Å²) in [6, 6.07) is 0. The molecule has 1 aromatic rings. The van der Waals surface area contributed by atoms with E-state index in [0.717, 1.165) is 30.4 Å². The molecule has 6 nitrogen and oxygen atoms in total. The molecule has 1 saturated heterocycles. The van der Waals surface area contributed by atoms with Gasteiger partial charge in [-0.25, -0.2) is 22.7 Å². The Morgan fingerprint density at radius 2 is 2.10 bits per heavy atom. The van der Waals surface area contributed by atoms with Gasteiger partial charge in [-0.15, -0.1) is 0 Å². The zero-order valence-electron chi connectivity index (χ0n) is 11.7. The number of sulfonamides is 1. The van der Waals surface area contributed by atoms with Gasteiger partial charge in [-0.2, -0.15) is 0 Å². The van der Waals surface area contributed by atoms with E-state index in [1.54, 1.807) is 19.4 Å². The van der Waals surface area contributed by atoms with Crippen molar-refractivity contribution in [3.8, 4) is 0 Å². The molecule has 0 aromatic carbocycles. The zero-order valence-corrected chi connectivity index (χ0v) is 14.1. The van der Waals surface area contributed by atoms with Crippen LogP contribution in [0.3, 0.4) is 0 Å². The Hall–Kier alpha value is -0.730. The van der Waals surface area contributed by atoms with Crippen molar-refractivity contribution in [1.29, 1.82) is 0 Å². The lowest BCUT2D eigenvalue weighted by Crippen LogP contribution is -2.42. The van der Waals surface area contributed by atoms with Gasteiger partial charge in [0.25, 0.3) is 0 Å². The molecule has 1 aliphatic rings. The van der Waals surface area contributed by atoms with Crippen molar-refractivity contribution >= 4 is 31.9 Å². The van der Waals surface area contributed by atoms with E-state index in [1.165, 1.54) is 10.6 Å². The van der Waals surface area contributed by atoms with Crippen molar-refractivity contribution in [3.05, 3.63) is 16.9 Å². The number of piperidine rings is 1. The first-order chi connectivity index (χ1) is 9.36. The molecule has 2 rings (SSSR count). The van der Waals surface area contributed by atoms with Crippen LogP contribution in [0.4, 0.5) is 5.95 Å². The summed E-state index contributed by atoms with van der Waals surface area (Å²) in [7, 11) is -1.48. The number of anilines is 1. The first-order valence-electron chi connectivity index (χ1n) is 6.50. The lowest BCUT2D eigenvalue weighted by Gasteiger charge is -2.34. The average molecular weight is 363 g/mol. The Balaban J connectivity index is 2.00. The largest absolute Gasteiger partial charge is 0.341 e. The van der Waals surface area contributed by atoms with Crippen molar-refractivity contribution in [2.45, 2.75) is 12.8 Å². The smallest absolute Gasteiger partial charge is 0.225 e. The monoisotopic (exact) mass is 362 g/mol. The van der Waals surface area contributed by atoms with Crippen LogP contribution < -0.4 is 4.90 Å². The van der Waals surface area contributed by atoms with Gasteiger partial charge < -0.3 is 4.90 Å². The second-order valence-corrected chi connectivity index (χ2v) is 8.20. The van der Waals surface area contributed by atoms with Crippen molar-refractivity contribution in [2.24, 2.45) is 5.92 Å². The fourth-order valence-corrected chi connectivity index (χ4v) is 3.05. The molecule has 0 spiro atoms. The number of hydrogen-bond acceptors (Lipinski definition) is 5. The highest BCUT2D eigenvalue weighted by molar-refractivity contribution is 9.10. The minimum Gasteiger partial charge on any atom is -0.341 e. The summed E-state index contributed by atoms with van der Waals surface area (Å²) in [5.41, 5.74) is 0. The maximum absolute atomic E-state index is 11.5. The van der Waals surface area contributed by atoms with E-state index in [9.17, 15) is 8.42 Å². The highest BCUT2D eigenvalue weighted by atomic mass is 79.9. The predicted molar refractivity (Wildman–Crippen MR) is 82.1 cm³/mol. The summed E-state index contributed by atoms with van der Waals surface area (Å²) in [5.74, 6) is 1.02. The predicted octanol–water partition coefficient (Wildman–Crippen LogP) is 1.35. The van der Waals surface area contributed by atoms with E-state index in [2.05, 4.69) is 30.8 Å². The third-order valence-corrected chi connectivity index (χ3v) is 5.18. The SMILES string of the molecule is CN(CC1CCCN(c2ncc(Br)cn2)C1)S(C)(=O)=O. The summed E-state index contributed by atoms with van der Waals surface area (Å²) in [6.07, 6.45) is 6.77. The van der Waals surface area contributed by atoms with Gasteiger partial charge in [-0.3, -0.25) is 0 Å². The van der Waals surface area contributed by atoms with Crippen LogP contribution in [0.2, 0.25) is 0 Å². The van der Waals surface area contributed by atoms with Crippen LogP contribution in [0.25, 0.3) is 0 Å². The van der Waals surface area contributed by atoms with E-state index >= 15 is 0 Å². The number of aromatic nitrogens is 2. The van der Waals surface area contributed by atoms with Crippen LogP contribution in [-0.4, -0.2) is 55.6 Å². The highest BCUT2D eigenvalue weighted by Gasteiger charge is 2.24. The minimum absolute atomic E-state index is 0.315. The zero-order chi connectivity index (χ0) is 14.8. The summed E-state index contributed by atoms with van der Waals surface area (Å²) < 4.78 is 25.2. The third-order valence-electron chi connectivity index (χ3n) is 3.49. The van der Waals surface area contributed by atoms with Crippen LogP contribution in [0.5, 0.6) is 0 Å². The summed E-state index contributed by atoms with van der Waals surface area (Å²) in [4.78, 5) is 10.7. The Bertz CT molecular complexity index is 549. The highest BCUT2D eigenvalue weighted by Crippen LogP contribution is 2.21. The maximum atomic E-state index is 11.5. The fourth-order valence-electron chi connectivity index (χ4n) is 2.36. The van der Waals surface area contributed by atoms with Crippen LogP contribution in [0.1, 0.15) is 12.8 Å². The molecule has 0 radical (unpaired) electrons. The summed E-state index contributed by atoms with van der Waals surface area (Å²) >= 11 is 3.32. The van der Waals surface area contributed by atoms with Gasteiger partial charge >= 0.3 is 0 Å². The Kier molecular flexibility index (Phi) is 4.98. The molecule has 8 heteroatoms. The van der Waals surface area contributed by atoms with E-state index < -0.39 is 10.0 Å². The molecule has 1 aromatic heterocycles. The fraction of sp³-hybridized carbons (Fsp3) is 0.667. The van der Waals surface area contributed by atoms with Gasteiger partial charge in [0.2, 0.25) is 16.0 Å². The van der Waals surface area contributed by atoms with Gasteiger partial charge in [0, 0.05) is 39.1 Å². The van der Waals surface area contributed by atoms with Gasteiger partial charge in [-0.05, 0) is 34.7 Å². The van der Waals surface area contributed by atoms with Gasteiger partial charge in [0.1, 0.15) is 0 Å². The molecular weight excluding hydrogens is 344 g/mol. The second-order valence-electron chi connectivity index (χ2n) is 5.20. The van der Waals surface area contributed by atoms with Crippen LogP contribution >= 0.6 is 15.9 Å². The van der Waals surface area contributed by atoms with Gasteiger partial charge in [0.05, 0.1) is 10.7 Å². The first kappa shape index (κ1) is 15.7. The van der Waals surface area contributed by atoms with Crippen LogP contribution in [0, 0.1) is 5.92 Å². The van der Waals surface area contributed by atoms with Crippen molar-refractivity contribution in [1.82, 2.24) is 14.3 Å². The average Bonchev–Trinajstić information content (AvgIpc) is 2.39. The van der Waals surface area contributed by atoms with Crippen LogP contribution in [0.15, 0.2) is 16.9 Å². The topological polar surface area (TPSA) is 66.4 Å². The number of hydrogen-bond donors (Lipinski definition) is 0. The van der Waals surface area contributed by atoms with E-state index in [-0.39, 0.29) is 0 Å². The molecule has 0 aliphatic carbocycles. The normalized spacial score (nSPS) is 20.4. The molecule has 112 valence electrons. The number of halogens is 1. The van der Waals surface area contributed by atoms with E-state index in [1.807, 2.05) is 0 Å². The molecule has 0 saturated carbocycles. The standard InChI is InChI=1S/C12H19BrN4O2S/c1-16(20(2,18)19)8-10-4-3-5-17(9-10)12-14-6-11(13)7-15-12/h6-7,10H,3-5,8-9H2,1-2H3. The Labute approximate surface area is 128 Å². The first-order valence-corrected chi connectivity index (χ1v) is 9.14. The van der Waals surface area contributed by atoms with Crippen molar-refractivity contribution in [2.75, 3.05) is 37.8 Å².